The molecule has 5 rings (SSSR count). The molecule has 1 fully saturated rings. The Morgan fingerprint density at radius 1 is 1.00 bits per heavy atom. The van der Waals surface area contributed by atoms with Crippen LogP contribution in [0.5, 0.6) is 5.75 Å². The first-order valence-electron chi connectivity index (χ1n) is 13.1. The number of amides is 2. The summed E-state index contributed by atoms with van der Waals surface area (Å²) < 4.78 is 11.8. The van der Waals surface area contributed by atoms with E-state index in [1.54, 1.807) is 53.4 Å². The van der Waals surface area contributed by atoms with E-state index in [-0.39, 0.29) is 30.3 Å². The summed E-state index contributed by atoms with van der Waals surface area (Å²) in [5, 5.41) is 7.26. The van der Waals surface area contributed by atoms with Crippen molar-refractivity contribution in [1.82, 2.24) is 5.32 Å². The summed E-state index contributed by atoms with van der Waals surface area (Å²) in [7, 11) is 1.50. The van der Waals surface area contributed by atoms with E-state index in [4.69, 9.17) is 32.7 Å². The van der Waals surface area contributed by atoms with Crippen molar-refractivity contribution in [2.24, 2.45) is 0 Å². The van der Waals surface area contributed by atoms with E-state index in [2.05, 4.69) is 10.6 Å². The predicted octanol–water partition coefficient (Wildman–Crippen LogP) is 6.93. The van der Waals surface area contributed by atoms with Crippen LogP contribution in [0.4, 0.5) is 11.4 Å². The van der Waals surface area contributed by atoms with Gasteiger partial charge in [-0.15, -0.1) is 12.4 Å². The monoisotopic (exact) mass is 603 g/mol. The first-order valence-corrected chi connectivity index (χ1v) is 13.9. The Morgan fingerprint density at radius 3 is 2.55 bits per heavy atom. The molecule has 3 aromatic carbocycles. The van der Waals surface area contributed by atoms with E-state index in [1.807, 2.05) is 12.1 Å². The number of hydrogen-bond acceptors (Lipinski definition) is 5. The van der Waals surface area contributed by atoms with Crippen LogP contribution in [0.2, 0.25) is 10.0 Å². The minimum Gasteiger partial charge on any atom is -0.496 e. The maximum absolute atomic E-state index is 13.9. The molecule has 10 heteroatoms. The molecular formula is C30H32Cl3N3O4. The minimum atomic E-state index is -0.349. The number of nitrogens with one attached hydrogen (secondary N) is 2. The van der Waals surface area contributed by atoms with Gasteiger partial charge in [0, 0.05) is 47.2 Å². The molecule has 1 heterocycles. The second-order valence-corrected chi connectivity index (χ2v) is 10.6. The summed E-state index contributed by atoms with van der Waals surface area (Å²) in [4.78, 5) is 28.4. The molecule has 0 saturated heterocycles. The van der Waals surface area contributed by atoms with Gasteiger partial charge >= 0.3 is 0 Å². The van der Waals surface area contributed by atoms with Gasteiger partial charge in [0.25, 0.3) is 11.8 Å². The highest BCUT2D eigenvalue weighted by Crippen LogP contribution is 2.38. The maximum Gasteiger partial charge on any atom is 0.262 e. The molecule has 0 aromatic heterocycles. The van der Waals surface area contributed by atoms with E-state index >= 15 is 0 Å². The molecular weight excluding hydrogens is 573 g/mol. The van der Waals surface area contributed by atoms with Crippen molar-refractivity contribution in [3.8, 4) is 5.75 Å². The molecule has 1 atom stereocenters. The van der Waals surface area contributed by atoms with Gasteiger partial charge in [0.15, 0.2) is 0 Å². The Hall–Kier alpha value is -2.81. The van der Waals surface area contributed by atoms with Crippen molar-refractivity contribution in [3.05, 3.63) is 87.4 Å². The van der Waals surface area contributed by atoms with Crippen molar-refractivity contribution in [3.63, 3.8) is 0 Å². The van der Waals surface area contributed by atoms with Gasteiger partial charge in [0.1, 0.15) is 5.75 Å². The van der Waals surface area contributed by atoms with Crippen molar-refractivity contribution >= 4 is 58.8 Å². The molecule has 212 valence electrons. The minimum absolute atomic E-state index is 0. The fourth-order valence-electron chi connectivity index (χ4n) is 4.81. The lowest BCUT2D eigenvalue weighted by Crippen LogP contribution is -2.32. The quantitative estimate of drug-likeness (QED) is 0.259. The summed E-state index contributed by atoms with van der Waals surface area (Å²) >= 11 is 12.5. The van der Waals surface area contributed by atoms with Crippen molar-refractivity contribution in [1.29, 1.82) is 0 Å². The fraction of sp³-hybridized carbons (Fsp3) is 0.333. The average molecular weight is 605 g/mol. The van der Waals surface area contributed by atoms with Crippen LogP contribution in [0.3, 0.4) is 0 Å². The largest absolute Gasteiger partial charge is 0.496 e. The highest BCUT2D eigenvalue weighted by Gasteiger charge is 2.30. The molecule has 2 aliphatic rings. The van der Waals surface area contributed by atoms with Crippen LogP contribution in [0.1, 0.15) is 58.1 Å². The van der Waals surface area contributed by atoms with Crippen LogP contribution in [0.25, 0.3) is 0 Å². The third-order valence-corrected chi connectivity index (χ3v) is 7.52. The number of hydrogen-bond donors (Lipinski definition) is 2. The molecule has 0 radical (unpaired) electrons. The molecule has 0 spiro atoms. The van der Waals surface area contributed by atoms with Gasteiger partial charge in [-0.3, -0.25) is 9.59 Å². The van der Waals surface area contributed by atoms with Gasteiger partial charge in [-0.25, -0.2) is 0 Å². The summed E-state index contributed by atoms with van der Waals surface area (Å²) in [5.74, 6) is -0.190. The Kier molecular flexibility index (Phi) is 10.3. The molecule has 1 aliphatic carbocycles. The van der Waals surface area contributed by atoms with E-state index in [0.29, 0.717) is 51.8 Å². The van der Waals surface area contributed by atoms with E-state index in [0.717, 1.165) is 30.6 Å². The molecule has 7 nitrogen and oxygen atoms in total. The van der Waals surface area contributed by atoms with E-state index in [1.165, 1.54) is 20.0 Å². The molecule has 0 bridgehead atoms. The lowest BCUT2D eigenvalue weighted by atomic mass is 10.0. The zero-order chi connectivity index (χ0) is 27.4. The average Bonchev–Trinajstić information content (AvgIpc) is 3.78. The lowest BCUT2D eigenvalue weighted by Gasteiger charge is -2.25. The van der Waals surface area contributed by atoms with Crippen LogP contribution in [-0.4, -0.2) is 44.7 Å². The Balaban J connectivity index is 0.00000370. The normalized spacial score (nSPS) is 16.4. The third-order valence-electron chi connectivity index (χ3n) is 6.96. The SMILES string of the molecule is COc1cc(NC(=O)c2ccccc2Cl)ccc1C(=O)N1CCCC(OCCNC2CC2)c2cc(Cl)ccc21.Cl. The molecule has 1 aliphatic heterocycles. The van der Waals surface area contributed by atoms with Gasteiger partial charge < -0.3 is 25.0 Å². The lowest BCUT2D eigenvalue weighted by molar-refractivity contribution is 0.0491. The zero-order valence-corrected chi connectivity index (χ0v) is 24.5. The van der Waals surface area contributed by atoms with E-state index < -0.39 is 0 Å². The smallest absolute Gasteiger partial charge is 0.262 e. The van der Waals surface area contributed by atoms with Gasteiger partial charge in [-0.05, 0) is 68.1 Å². The number of methoxy groups -OCH3 is 1. The molecule has 1 saturated carbocycles. The van der Waals surface area contributed by atoms with Crippen LogP contribution < -0.4 is 20.3 Å². The Bertz CT molecular complexity index is 1370. The number of benzene rings is 3. The number of carbonyl (C=O) groups is 2. The number of rotatable bonds is 9. The van der Waals surface area contributed by atoms with Gasteiger partial charge in [0.05, 0.1) is 36.0 Å². The van der Waals surface area contributed by atoms with Gasteiger partial charge in [0.2, 0.25) is 0 Å². The number of carbonyl (C=O) groups excluding carboxylic acids is 2. The van der Waals surface area contributed by atoms with Gasteiger partial charge in [-0.1, -0.05) is 35.3 Å². The summed E-state index contributed by atoms with van der Waals surface area (Å²) in [6.07, 6.45) is 3.87. The first kappa shape index (κ1) is 30.2. The molecule has 1 unspecified atom stereocenters. The van der Waals surface area contributed by atoms with Crippen LogP contribution in [-0.2, 0) is 4.74 Å². The summed E-state index contributed by atoms with van der Waals surface area (Å²) in [6.45, 7) is 1.92. The molecule has 2 N–H and O–H groups in total. The standard InChI is InChI=1S/C30H31Cl2N3O4.ClH/c1-38-28-18-21(34-29(36)22-5-2-3-6-25(22)32)11-12-23(28)30(37)35-15-4-7-27(39-16-14-33-20-9-10-20)24-17-19(31)8-13-26(24)35;/h2-3,5-6,8,11-13,17-18,20,27,33H,4,7,9-10,14-16H2,1H3,(H,34,36);1H. The topological polar surface area (TPSA) is 79.9 Å². The fourth-order valence-corrected chi connectivity index (χ4v) is 5.21. The van der Waals surface area contributed by atoms with Crippen LogP contribution >= 0.6 is 35.6 Å². The number of fused-ring (bicyclic) bond motifs is 1. The van der Waals surface area contributed by atoms with Crippen molar-refractivity contribution < 1.29 is 19.1 Å². The molecule has 40 heavy (non-hydrogen) atoms. The maximum atomic E-state index is 13.9. The zero-order valence-electron chi connectivity index (χ0n) is 22.1. The van der Waals surface area contributed by atoms with Crippen molar-refractivity contribution in [2.45, 2.75) is 37.8 Å². The summed E-state index contributed by atoms with van der Waals surface area (Å²) in [6, 6.07) is 18.0. The highest BCUT2D eigenvalue weighted by atomic mass is 35.5. The van der Waals surface area contributed by atoms with E-state index in [9.17, 15) is 9.59 Å². The predicted molar refractivity (Wildman–Crippen MR) is 162 cm³/mol. The number of nitrogens with zero attached hydrogens (tertiary/aromatic N) is 1. The summed E-state index contributed by atoms with van der Waals surface area (Å²) in [5.41, 5.74) is 2.92. The number of ether oxygens (including phenoxy) is 2. The van der Waals surface area contributed by atoms with Crippen molar-refractivity contribution in [2.75, 3.05) is 37.0 Å². The Morgan fingerprint density at radius 2 is 1.80 bits per heavy atom. The Labute approximate surface area is 250 Å². The number of anilines is 2. The van der Waals surface area contributed by atoms with Crippen LogP contribution in [0, 0.1) is 0 Å². The second kappa shape index (κ2) is 13.7. The number of halogens is 3. The van der Waals surface area contributed by atoms with Crippen LogP contribution in [0.15, 0.2) is 60.7 Å². The second-order valence-electron chi connectivity index (χ2n) is 9.74. The highest BCUT2D eigenvalue weighted by molar-refractivity contribution is 6.34. The molecule has 3 aromatic rings. The molecule has 2 amide bonds. The first-order chi connectivity index (χ1) is 18.9. The van der Waals surface area contributed by atoms with Gasteiger partial charge in [-0.2, -0.15) is 0 Å². The third kappa shape index (κ3) is 7.09.